The van der Waals surface area contributed by atoms with Crippen molar-refractivity contribution in [3.63, 3.8) is 0 Å². The highest BCUT2D eigenvalue weighted by Gasteiger charge is 2.55. The summed E-state index contributed by atoms with van der Waals surface area (Å²) in [5.41, 5.74) is 3.39. The summed E-state index contributed by atoms with van der Waals surface area (Å²) in [6, 6.07) is 50.0. The van der Waals surface area contributed by atoms with Crippen LogP contribution in [-0.2, 0) is 44.4 Å². The van der Waals surface area contributed by atoms with E-state index in [1.54, 1.807) is 0 Å². The molecule has 5 aromatic carbocycles. The minimum atomic E-state index is -1.11. The quantitative estimate of drug-likeness (QED) is 0.130. The standard InChI is InChI=1S/C43H46N2O4/c1-42(2,3)49-41(46)39-40(48-43(44-39,36-25-15-7-16-26-36)37-27-17-8-18-28-37)38(32-47-31-35-23-13-6-14-24-35)45(29-33-19-9-4-10-20-33)30-34-21-11-5-12-22-34/h4-28,38-40,44H,29-32H2,1-3H3/t38-,39+,40+/m0/s1. The maximum Gasteiger partial charge on any atom is 0.326 e. The smallest absolute Gasteiger partial charge is 0.326 e. The average Bonchev–Trinajstić information content (AvgIpc) is 3.53. The summed E-state index contributed by atoms with van der Waals surface area (Å²) >= 11 is 0. The lowest BCUT2D eigenvalue weighted by Crippen LogP contribution is -2.54. The zero-order valence-corrected chi connectivity index (χ0v) is 28.6. The Bertz CT molecular complexity index is 1650. The van der Waals surface area contributed by atoms with E-state index in [4.69, 9.17) is 14.2 Å². The minimum absolute atomic E-state index is 0.319. The molecule has 1 heterocycles. The van der Waals surface area contributed by atoms with E-state index in [2.05, 4.69) is 70.9 Å². The Morgan fingerprint density at radius 2 is 1.12 bits per heavy atom. The number of hydrogen-bond acceptors (Lipinski definition) is 6. The van der Waals surface area contributed by atoms with E-state index in [1.807, 2.05) is 112 Å². The van der Waals surface area contributed by atoms with Crippen molar-refractivity contribution in [1.29, 1.82) is 0 Å². The summed E-state index contributed by atoms with van der Waals surface area (Å²) in [5, 5.41) is 3.70. The van der Waals surface area contributed by atoms with Gasteiger partial charge in [0.1, 0.15) is 17.7 Å². The highest BCUT2D eigenvalue weighted by atomic mass is 16.6. The monoisotopic (exact) mass is 654 g/mol. The third kappa shape index (κ3) is 8.72. The molecule has 0 radical (unpaired) electrons. The summed E-state index contributed by atoms with van der Waals surface area (Å²) in [4.78, 5) is 16.7. The second-order valence-corrected chi connectivity index (χ2v) is 13.6. The van der Waals surface area contributed by atoms with E-state index < -0.39 is 23.5 Å². The maximum absolute atomic E-state index is 14.3. The first-order valence-corrected chi connectivity index (χ1v) is 17.0. The Hall–Kier alpha value is -4.59. The van der Waals surface area contributed by atoms with Gasteiger partial charge in [0, 0.05) is 24.2 Å². The van der Waals surface area contributed by atoms with Gasteiger partial charge in [-0.1, -0.05) is 152 Å². The van der Waals surface area contributed by atoms with Crippen LogP contribution in [0.5, 0.6) is 0 Å². The van der Waals surface area contributed by atoms with Crippen molar-refractivity contribution in [3.05, 3.63) is 179 Å². The maximum atomic E-state index is 14.3. The van der Waals surface area contributed by atoms with E-state index >= 15 is 0 Å². The van der Waals surface area contributed by atoms with E-state index in [-0.39, 0.29) is 12.0 Å². The predicted octanol–water partition coefficient (Wildman–Crippen LogP) is 7.87. The van der Waals surface area contributed by atoms with Gasteiger partial charge in [-0.2, -0.15) is 0 Å². The van der Waals surface area contributed by atoms with E-state index in [1.165, 1.54) is 0 Å². The van der Waals surface area contributed by atoms with Gasteiger partial charge in [-0.3, -0.25) is 15.0 Å². The Morgan fingerprint density at radius 3 is 1.57 bits per heavy atom. The zero-order chi connectivity index (χ0) is 34.1. The minimum Gasteiger partial charge on any atom is -0.459 e. The molecule has 1 N–H and O–H groups in total. The Labute approximate surface area is 290 Å². The van der Waals surface area contributed by atoms with Gasteiger partial charge < -0.3 is 14.2 Å². The number of nitrogens with one attached hydrogen (secondary N) is 1. The van der Waals surface area contributed by atoms with Crippen molar-refractivity contribution in [2.45, 2.75) is 70.0 Å². The third-order valence-corrected chi connectivity index (χ3v) is 8.73. The molecule has 1 aliphatic heterocycles. The molecule has 6 heteroatoms. The molecule has 0 bridgehead atoms. The van der Waals surface area contributed by atoms with E-state index in [9.17, 15) is 4.79 Å². The molecule has 6 rings (SSSR count). The number of rotatable bonds is 13. The summed E-state index contributed by atoms with van der Waals surface area (Å²) in [6.07, 6.45) is -0.654. The molecule has 5 aromatic rings. The van der Waals surface area contributed by atoms with Crippen LogP contribution in [0.25, 0.3) is 0 Å². The number of ether oxygens (including phenoxy) is 3. The number of carbonyl (C=O) groups is 1. The van der Waals surface area contributed by atoms with E-state index in [0.717, 1.165) is 27.8 Å². The van der Waals surface area contributed by atoms with Gasteiger partial charge in [0.05, 0.1) is 19.3 Å². The van der Waals surface area contributed by atoms with Crippen LogP contribution in [0.3, 0.4) is 0 Å². The van der Waals surface area contributed by atoms with Crippen molar-refractivity contribution in [2.24, 2.45) is 0 Å². The SMILES string of the molecule is CC(C)(C)OC(=O)[C@@H]1NC(c2ccccc2)(c2ccccc2)O[C@@H]1[C@H](COCc1ccccc1)N(Cc1ccccc1)Cc1ccccc1. The first-order chi connectivity index (χ1) is 23.8. The van der Waals surface area contributed by atoms with Crippen LogP contribution in [0.1, 0.15) is 48.6 Å². The van der Waals surface area contributed by atoms with Crippen LogP contribution < -0.4 is 5.32 Å². The lowest BCUT2D eigenvalue weighted by Gasteiger charge is -2.38. The van der Waals surface area contributed by atoms with Crippen LogP contribution in [0, 0.1) is 0 Å². The molecular weight excluding hydrogens is 608 g/mol. The van der Waals surface area contributed by atoms with Crippen LogP contribution >= 0.6 is 0 Å². The van der Waals surface area contributed by atoms with Crippen LogP contribution in [0.2, 0.25) is 0 Å². The summed E-state index contributed by atoms with van der Waals surface area (Å²) < 4.78 is 20.0. The fourth-order valence-corrected chi connectivity index (χ4v) is 6.49. The Morgan fingerprint density at radius 1 is 0.694 bits per heavy atom. The van der Waals surface area contributed by atoms with Crippen molar-refractivity contribution >= 4 is 5.97 Å². The summed E-state index contributed by atoms with van der Waals surface area (Å²) in [7, 11) is 0. The van der Waals surface area contributed by atoms with Gasteiger partial charge in [-0.15, -0.1) is 0 Å². The van der Waals surface area contributed by atoms with Gasteiger partial charge in [0.15, 0.2) is 5.72 Å². The Balaban J connectivity index is 1.46. The van der Waals surface area contributed by atoms with E-state index in [0.29, 0.717) is 26.3 Å². The molecular formula is C43H46N2O4. The molecule has 0 amide bonds. The molecule has 6 nitrogen and oxygen atoms in total. The van der Waals surface area contributed by atoms with Crippen molar-refractivity contribution in [1.82, 2.24) is 10.2 Å². The Kier molecular flexibility index (Phi) is 11.0. The third-order valence-electron chi connectivity index (χ3n) is 8.73. The van der Waals surface area contributed by atoms with Crippen LogP contribution in [0.15, 0.2) is 152 Å². The molecule has 0 aliphatic carbocycles. The van der Waals surface area contributed by atoms with Crippen LogP contribution in [-0.4, -0.2) is 41.3 Å². The number of hydrogen-bond donors (Lipinski definition) is 1. The first-order valence-electron chi connectivity index (χ1n) is 17.0. The summed E-state index contributed by atoms with van der Waals surface area (Å²) in [6.45, 7) is 7.69. The highest BCUT2D eigenvalue weighted by Crippen LogP contribution is 2.41. The first kappa shape index (κ1) is 34.3. The fourth-order valence-electron chi connectivity index (χ4n) is 6.49. The number of nitrogens with zero attached hydrogens (tertiary/aromatic N) is 1. The molecule has 0 saturated carbocycles. The van der Waals surface area contributed by atoms with Crippen LogP contribution in [0.4, 0.5) is 0 Å². The number of carbonyl (C=O) groups excluding carboxylic acids is 1. The average molecular weight is 655 g/mol. The predicted molar refractivity (Wildman–Crippen MR) is 193 cm³/mol. The molecule has 252 valence electrons. The van der Waals surface area contributed by atoms with Gasteiger partial charge in [-0.05, 0) is 37.5 Å². The van der Waals surface area contributed by atoms with Crippen molar-refractivity contribution in [3.8, 4) is 0 Å². The highest BCUT2D eigenvalue weighted by molar-refractivity contribution is 5.78. The molecule has 1 fully saturated rings. The second-order valence-electron chi connectivity index (χ2n) is 13.6. The molecule has 1 saturated heterocycles. The van der Waals surface area contributed by atoms with Crippen molar-refractivity contribution < 1.29 is 19.0 Å². The molecule has 1 aliphatic rings. The number of esters is 1. The molecule has 49 heavy (non-hydrogen) atoms. The summed E-state index contributed by atoms with van der Waals surface area (Å²) in [5.74, 6) is -0.362. The van der Waals surface area contributed by atoms with Gasteiger partial charge in [0.2, 0.25) is 0 Å². The zero-order valence-electron chi connectivity index (χ0n) is 28.6. The van der Waals surface area contributed by atoms with Gasteiger partial charge in [-0.25, -0.2) is 0 Å². The normalized spacial score (nSPS) is 17.9. The molecule has 0 unspecified atom stereocenters. The lowest BCUT2D eigenvalue weighted by atomic mass is 9.94. The lowest BCUT2D eigenvalue weighted by molar-refractivity contribution is -0.160. The van der Waals surface area contributed by atoms with Gasteiger partial charge in [0.25, 0.3) is 0 Å². The largest absolute Gasteiger partial charge is 0.459 e. The molecule has 3 atom stereocenters. The van der Waals surface area contributed by atoms with Crippen molar-refractivity contribution in [2.75, 3.05) is 6.61 Å². The fraction of sp³-hybridized carbons (Fsp3) is 0.279. The second kappa shape index (κ2) is 15.7. The van der Waals surface area contributed by atoms with Gasteiger partial charge >= 0.3 is 5.97 Å². The molecule has 0 spiro atoms. The molecule has 0 aromatic heterocycles. The number of benzene rings is 5. The topological polar surface area (TPSA) is 60.0 Å².